The molecule has 0 aliphatic heterocycles. The van der Waals surface area contributed by atoms with Crippen molar-refractivity contribution in [1.29, 1.82) is 0 Å². The Balaban J connectivity index is 2.88. The number of aryl methyl sites for hydroxylation is 1. The highest BCUT2D eigenvalue weighted by Gasteiger charge is 2.05. The van der Waals surface area contributed by atoms with Crippen molar-refractivity contribution in [1.82, 2.24) is 0 Å². The molecule has 2 aromatic rings. The van der Waals surface area contributed by atoms with E-state index in [-0.39, 0.29) is 0 Å². The summed E-state index contributed by atoms with van der Waals surface area (Å²) < 4.78 is 2.27. The van der Waals surface area contributed by atoms with Crippen molar-refractivity contribution in [3.05, 3.63) is 28.2 Å². The Morgan fingerprint density at radius 1 is 1.42 bits per heavy atom. The SMILES string of the molecule is Cc1ccc2sc(N)c(Br)c2c1. The number of halogens is 1. The van der Waals surface area contributed by atoms with Crippen LogP contribution < -0.4 is 5.73 Å². The standard InChI is InChI=1S/C9H8BrNS/c1-5-2-3-7-6(4-5)8(10)9(11)12-7/h2-4H,11H2,1H3. The number of nitrogen functional groups attached to an aromatic ring is 1. The Labute approximate surface area is 83.3 Å². The predicted molar refractivity (Wildman–Crippen MR) is 58.7 cm³/mol. The lowest BCUT2D eigenvalue weighted by molar-refractivity contribution is 1.51. The van der Waals surface area contributed by atoms with Crippen LogP contribution in [0.4, 0.5) is 5.00 Å². The van der Waals surface area contributed by atoms with Crippen molar-refractivity contribution in [2.24, 2.45) is 0 Å². The summed E-state index contributed by atoms with van der Waals surface area (Å²) in [6.45, 7) is 2.08. The number of hydrogen-bond acceptors (Lipinski definition) is 2. The smallest absolute Gasteiger partial charge is 0.101 e. The van der Waals surface area contributed by atoms with E-state index < -0.39 is 0 Å². The largest absolute Gasteiger partial charge is 0.390 e. The molecule has 12 heavy (non-hydrogen) atoms. The molecule has 1 nitrogen and oxygen atoms in total. The third kappa shape index (κ3) is 1.13. The molecule has 2 rings (SSSR count). The van der Waals surface area contributed by atoms with E-state index in [1.54, 1.807) is 11.3 Å². The van der Waals surface area contributed by atoms with Crippen molar-refractivity contribution in [2.75, 3.05) is 5.73 Å². The monoisotopic (exact) mass is 241 g/mol. The highest BCUT2D eigenvalue weighted by molar-refractivity contribution is 9.10. The molecule has 62 valence electrons. The van der Waals surface area contributed by atoms with Gasteiger partial charge in [-0.05, 0) is 35.0 Å². The molecular formula is C9H8BrNS. The Morgan fingerprint density at radius 2 is 2.17 bits per heavy atom. The molecule has 0 spiro atoms. The molecule has 0 bridgehead atoms. The van der Waals surface area contributed by atoms with Crippen LogP contribution in [0.3, 0.4) is 0 Å². The second kappa shape index (κ2) is 2.75. The third-order valence-electron chi connectivity index (χ3n) is 1.81. The zero-order valence-corrected chi connectivity index (χ0v) is 9.00. The Kier molecular flexibility index (Phi) is 1.85. The molecule has 0 saturated heterocycles. The fraction of sp³-hybridized carbons (Fsp3) is 0.111. The van der Waals surface area contributed by atoms with Gasteiger partial charge in [-0.1, -0.05) is 11.6 Å². The van der Waals surface area contributed by atoms with Gasteiger partial charge in [-0.25, -0.2) is 0 Å². The molecule has 1 aromatic carbocycles. The number of fused-ring (bicyclic) bond motifs is 1. The van der Waals surface area contributed by atoms with Gasteiger partial charge in [0.05, 0.1) is 4.47 Å². The third-order valence-corrected chi connectivity index (χ3v) is 3.92. The second-order valence-electron chi connectivity index (χ2n) is 2.78. The number of thiophene rings is 1. The molecular weight excluding hydrogens is 234 g/mol. The van der Waals surface area contributed by atoms with Gasteiger partial charge in [0, 0.05) is 10.1 Å². The van der Waals surface area contributed by atoms with E-state index in [9.17, 15) is 0 Å². The molecule has 0 amide bonds. The first kappa shape index (κ1) is 8.08. The van der Waals surface area contributed by atoms with E-state index in [0.29, 0.717) is 0 Å². The maximum absolute atomic E-state index is 5.77. The van der Waals surface area contributed by atoms with Crippen molar-refractivity contribution in [2.45, 2.75) is 6.92 Å². The van der Waals surface area contributed by atoms with Gasteiger partial charge in [0.2, 0.25) is 0 Å². The van der Waals surface area contributed by atoms with E-state index in [2.05, 4.69) is 41.1 Å². The minimum atomic E-state index is 0.857. The first-order chi connectivity index (χ1) is 5.68. The molecule has 0 fully saturated rings. The second-order valence-corrected chi connectivity index (χ2v) is 4.66. The maximum atomic E-state index is 5.77. The van der Waals surface area contributed by atoms with Crippen LogP contribution in [0.5, 0.6) is 0 Å². The Morgan fingerprint density at radius 3 is 2.92 bits per heavy atom. The lowest BCUT2D eigenvalue weighted by Gasteiger charge is -1.92. The average Bonchev–Trinajstić information content (AvgIpc) is 2.31. The van der Waals surface area contributed by atoms with Crippen molar-refractivity contribution in [3.63, 3.8) is 0 Å². The predicted octanol–water partition coefficient (Wildman–Crippen LogP) is 3.55. The number of anilines is 1. The van der Waals surface area contributed by atoms with E-state index in [0.717, 1.165) is 9.47 Å². The van der Waals surface area contributed by atoms with Crippen LogP contribution in [-0.4, -0.2) is 0 Å². The molecule has 0 atom stereocenters. The van der Waals surface area contributed by atoms with Gasteiger partial charge in [-0.15, -0.1) is 11.3 Å². The van der Waals surface area contributed by atoms with Gasteiger partial charge in [0.15, 0.2) is 0 Å². The summed E-state index contributed by atoms with van der Waals surface area (Å²) in [5.41, 5.74) is 7.04. The minimum Gasteiger partial charge on any atom is -0.390 e. The minimum absolute atomic E-state index is 0.857. The van der Waals surface area contributed by atoms with Gasteiger partial charge in [-0.2, -0.15) is 0 Å². The molecule has 0 aliphatic carbocycles. The van der Waals surface area contributed by atoms with Crippen LogP contribution in [-0.2, 0) is 0 Å². The molecule has 0 aliphatic rings. The molecule has 2 N–H and O–H groups in total. The molecule has 1 aromatic heterocycles. The molecule has 0 radical (unpaired) electrons. The maximum Gasteiger partial charge on any atom is 0.101 e. The van der Waals surface area contributed by atoms with E-state index in [1.807, 2.05) is 0 Å². The molecule has 0 saturated carbocycles. The van der Waals surface area contributed by atoms with Crippen LogP contribution >= 0.6 is 27.3 Å². The van der Waals surface area contributed by atoms with Crippen LogP contribution in [0.2, 0.25) is 0 Å². The molecule has 1 heterocycles. The summed E-state index contributed by atoms with van der Waals surface area (Å²) in [4.78, 5) is 0. The lowest BCUT2D eigenvalue weighted by atomic mass is 10.2. The van der Waals surface area contributed by atoms with E-state index >= 15 is 0 Å². The van der Waals surface area contributed by atoms with Crippen molar-refractivity contribution in [3.8, 4) is 0 Å². The van der Waals surface area contributed by atoms with Crippen LogP contribution in [0.1, 0.15) is 5.56 Å². The summed E-state index contributed by atoms with van der Waals surface area (Å²) in [6.07, 6.45) is 0. The summed E-state index contributed by atoms with van der Waals surface area (Å²) in [7, 11) is 0. The normalized spacial score (nSPS) is 10.8. The van der Waals surface area contributed by atoms with Crippen LogP contribution in [0.15, 0.2) is 22.7 Å². The summed E-state index contributed by atoms with van der Waals surface area (Å²) in [5.74, 6) is 0. The fourth-order valence-corrected chi connectivity index (χ4v) is 2.75. The van der Waals surface area contributed by atoms with E-state index in [4.69, 9.17) is 5.73 Å². The zero-order chi connectivity index (χ0) is 8.72. The molecule has 3 heteroatoms. The van der Waals surface area contributed by atoms with Crippen LogP contribution in [0.25, 0.3) is 10.1 Å². The summed E-state index contributed by atoms with van der Waals surface area (Å²) >= 11 is 5.09. The highest BCUT2D eigenvalue weighted by atomic mass is 79.9. The van der Waals surface area contributed by atoms with Gasteiger partial charge in [0.1, 0.15) is 5.00 Å². The number of rotatable bonds is 0. The van der Waals surface area contributed by atoms with Gasteiger partial charge < -0.3 is 5.73 Å². The first-order valence-corrected chi connectivity index (χ1v) is 5.23. The van der Waals surface area contributed by atoms with Crippen molar-refractivity contribution < 1.29 is 0 Å². The summed E-state index contributed by atoms with van der Waals surface area (Å²) in [6, 6.07) is 6.35. The summed E-state index contributed by atoms with van der Waals surface area (Å²) in [5, 5.41) is 2.08. The van der Waals surface area contributed by atoms with Gasteiger partial charge in [-0.3, -0.25) is 0 Å². The fourth-order valence-electron chi connectivity index (χ4n) is 1.20. The lowest BCUT2D eigenvalue weighted by Crippen LogP contribution is -1.77. The molecule has 0 unspecified atom stereocenters. The van der Waals surface area contributed by atoms with Gasteiger partial charge >= 0.3 is 0 Å². The zero-order valence-electron chi connectivity index (χ0n) is 6.60. The van der Waals surface area contributed by atoms with Gasteiger partial charge in [0.25, 0.3) is 0 Å². The number of hydrogen-bond donors (Lipinski definition) is 1. The highest BCUT2D eigenvalue weighted by Crippen LogP contribution is 2.37. The average molecular weight is 242 g/mol. The Bertz CT molecular complexity index is 433. The quantitative estimate of drug-likeness (QED) is 0.751. The number of benzene rings is 1. The number of nitrogens with two attached hydrogens (primary N) is 1. The van der Waals surface area contributed by atoms with Crippen LogP contribution in [0, 0.1) is 6.92 Å². The first-order valence-electron chi connectivity index (χ1n) is 3.62. The Hall–Kier alpha value is -0.540. The van der Waals surface area contributed by atoms with E-state index in [1.165, 1.54) is 15.6 Å². The van der Waals surface area contributed by atoms with Crippen molar-refractivity contribution >= 4 is 42.4 Å². The topological polar surface area (TPSA) is 26.0 Å².